The highest BCUT2D eigenvalue weighted by atomic mass is 19.4. The predicted octanol–water partition coefficient (Wildman–Crippen LogP) is 2.35. The van der Waals surface area contributed by atoms with Gasteiger partial charge in [-0.1, -0.05) is 6.07 Å². The largest absolute Gasteiger partial charge is 0.419 e. The van der Waals surface area contributed by atoms with Gasteiger partial charge in [-0.15, -0.1) is 0 Å². The number of carbonyl (C=O) groups excluding carboxylic acids is 1. The molecule has 3 heterocycles. The van der Waals surface area contributed by atoms with Gasteiger partial charge in [0.2, 0.25) is 0 Å². The van der Waals surface area contributed by atoms with Gasteiger partial charge in [-0.3, -0.25) is 9.20 Å². The van der Waals surface area contributed by atoms with E-state index in [1.807, 2.05) is 0 Å². The summed E-state index contributed by atoms with van der Waals surface area (Å²) >= 11 is 0. The van der Waals surface area contributed by atoms with Crippen molar-refractivity contribution in [1.82, 2.24) is 19.2 Å². The Kier molecular flexibility index (Phi) is 2.60. The van der Waals surface area contributed by atoms with Crippen LogP contribution in [0, 0.1) is 0 Å². The minimum absolute atomic E-state index is 0.0571. The zero-order chi connectivity index (χ0) is 14.3. The van der Waals surface area contributed by atoms with E-state index in [-0.39, 0.29) is 11.5 Å². The van der Waals surface area contributed by atoms with Crippen LogP contribution in [0.5, 0.6) is 0 Å². The second-order valence-corrected chi connectivity index (χ2v) is 4.04. The first-order chi connectivity index (χ1) is 9.50. The Morgan fingerprint density at radius 1 is 1.25 bits per heavy atom. The minimum Gasteiger partial charge on any atom is -0.296 e. The Hall–Kier alpha value is -2.64. The van der Waals surface area contributed by atoms with E-state index in [9.17, 15) is 18.0 Å². The molecule has 8 heteroatoms. The number of carbonyl (C=O) groups is 1. The van der Waals surface area contributed by atoms with E-state index in [0.717, 1.165) is 10.9 Å². The minimum atomic E-state index is -4.49. The molecule has 0 spiro atoms. The second kappa shape index (κ2) is 4.19. The summed E-state index contributed by atoms with van der Waals surface area (Å²) in [6.45, 7) is 0. The van der Waals surface area contributed by atoms with Crippen molar-refractivity contribution in [1.29, 1.82) is 0 Å². The number of imidazole rings is 1. The average Bonchev–Trinajstić information content (AvgIpc) is 3.02. The van der Waals surface area contributed by atoms with Crippen LogP contribution in [0.4, 0.5) is 13.2 Å². The molecule has 3 aromatic rings. The molecule has 0 radical (unpaired) electrons. The molecule has 0 aliphatic carbocycles. The zero-order valence-corrected chi connectivity index (χ0v) is 9.87. The van der Waals surface area contributed by atoms with Gasteiger partial charge in [0.25, 0.3) is 0 Å². The molecule has 20 heavy (non-hydrogen) atoms. The molecule has 0 amide bonds. The van der Waals surface area contributed by atoms with Crippen molar-refractivity contribution >= 4 is 11.9 Å². The molecule has 0 atom stereocenters. The molecule has 0 saturated carbocycles. The molecule has 0 aliphatic rings. The Balaban J connectivity index is 2.19. The molecular weight excluding hydrogens is 273 g/mol. The lowest BCUT2D eigenvalue weighted by Gasteiger charge is -2.00. The van der Waals surface area contributed by atoms with Gasteiger partial charge in [0.15, 0.2) is 12.1 Å². The van der Waals surface area contributed by atoms with Gasteiger partial charge >= 0.3 is 6.18 Å². The van der Waals surface area contributed by atoms with Crippen LogP contribution in [-0.4, -0.2) is 25.5 Å². The molecule has 0 aromatic carbocycles. The summed E-state index contributed by atoms with van der Waals surface area (Å²) in [5.41, 5.74) is -0.308. The standard InChI is InChI=1S/C12H7F3N4O/c13-12(14,15)8-5-16-19(6-8)11-9(7-20)18-4-2-1-3-10(18)17-11/h1-7H. The molecule has 0 fully saturated rings. The second-order valence-electron chi connectivity index (χ2n) is 4.04. The molecular formula is C12H7F3N4O. The summed E-state index contributed by atoms with van der Waals surface area (Å²) in [4.78, 5) is 15.3. The number of aromatic nitrogens is 4. The number of nitrogens with zero attached hydrogens (tertiary/aromatic N) is 4. The smallest absolute Gasteiger partial charge is 0.296 e. The van der Waals surface area contributed by atoms with Crippen LogP contribution in [0.1, 0.15) is 16.1 Å². The fourth-order valence-electron chi connectivity index (χ4n) is 1.87. The summed E-state index contributed by atoms with van der Waals surface area (Å²) in [7, 11) is 0. The number of hydrogen-bond acceptors (Lipinski definition) is 3. The maximum Gasteiger partial charge on any atom is 0.419 e. The van der Waals surface area contributed by atoms with Crippen molar-refractivity contribution in [2.75, 3.05) is 0 Å². The quantitative estimate of drug-likeness (QED) is 0.677. The highest BCUT2D eigenvalue weighted by Crippen LogP contribution is 2.29. The van der Waals surface area contributed by atoms with Crippen LogP contribution in [0.25, 0.3) is 11.5 Å². The third-order valence-electron chi connectivity index (χ3n) is 2.79. The van der Waals surface area contributed by atoms with Crippen molar-refractivity contribution in [3.8, 4) is 5.82 Å². The first-order valence-corrected chi connectivity index (χ1v) is 5.55. The lowest BCUT2D eigenvalue weighted by atomic mass is 10.3. The molecule has 0 unspecified atom stereocenters. The number of aldehydes is 1. The highest BCUT2D eigenvalue weighted by molar-refractivity contribution is 5.79. The molecule has 0 N–H and O–H groups in total. The maximum atomic E-state index is 12.6. The number of fused-ring (bicyclic) bond motifs is 1. The Labute approximate surface area is 110 Å². The van der Waals surface area contributed by atoms with Crippen molar-refractivity contribution in [3.05, 3.63) is 48.0 Å². The summed E-state index contributed by atoms with van der Waals surface area (Å²) in [6.07, 6.45) is -0.861. The molecule has 0 aliphatic heterocycles. The first-order valence-electron chi connectivity index (χ1n) is 5.55. The number of hydrogen-bond donors (Lipinski definition) is 0. The van der Waals surface area contributed by atoms with E-state index in [4.69, 9.17) is 0 Å². The Morgan fingerprint density at radius 3 is 2.70 bits per heavy atom. The van der Waals surface area contributed by atoms with E-state index in [0.29, 0.717) is 18.1 Å². The van der Waals surface area contributed by atoms with Crippen LogP contribution >= 0.6 is 0 Å². The van der Waals surface area contributed by atoms with E-state index < -0.39 is 11.7 Å². The fraction of sp³-hybridized carbons (Fsp3) is 0.0833. The summed E-state index contributed by atoms with van der Waals surface area (Å²) < 4.78 is 40.1. The maximum absolute atomic E-state index is 12.6. The lowest BCUT2D eigenvalue weighted by molar-refractivity contribution is -0.137. The molecule has 5 nitrogen and oxygen atoms in total. The topological polar surface area (TPSA) is 52.2 Å². The van der Waals surface area contributed by atoms with Gasteiger partial charge in [-0.25, -0.2) is 9.67 Å². The van der Waals surface area contributed by atoms with Gasteiger partial charge in [0.1, 0.15) is 11.3 Å². The van der Waals surface area contributed by atoms with Gasteiger partial charge < -0.3 is 0 Å². The van der Waals surface area contributed by atoms with Crippen LogP contribution in [0.15, 0.2) is 36.8 Å². The van der Waals surface area contributed by atoms with Crippen molar-refractivity contribution in [2.45, 2.75) is 6.18 Å². The van der Waals surface area contributed by atoms with E-state index in [1.54, 1.807) is 24.4 Å². The lowest BCUT2D eigenvalue weighted by Crippen LogP contribution is -2.04. The van der Waals surface area contributed by atoms with Crippen LogP contribution in [0.2, 0.25) is 0 Å². The normalized spacial score (nSPS) is 11.9. The Morgan fingerprint density at radius 2 is 2.05 bits per heavy atom. The Bertz CT molecular complexity index is 787. The first kappa shape index (κ1) is 12.4. The van der Waals surface area contributed by atoms with Gasteiger partial charge in [-0.05, 0) is 12.1 Å². The number of pyridine rings is 1. The fourth-order valence-corrected chi connectivity index (χ4v) is 1.87. The highest BCUT2D eigenvalue weighted by Gasteiger charge is 2.32. The zero-order valence-electron chi connectivity index (χ0n) is 9.87. The molecule has 102 valence electrons. The van der Waals surface area contributed by atoms with E-state index in [2.05, 4.69) is 10.1 Å². The molecule has 3 rings (SSSR count). The summed E-state index contributed by atoms with van der Waals surface area (Å²) in [5.74, 6) is 0.0571. The number of halogens is 3. The van der Waals surface area contributed by atoms with Gasteiger partial charge in [0, 0.05) is 12.4 Å². The number of rotatable bonds is 2. The number of alkyl halides is 3. The van der Waals surface area contributed by atoms with E-state index in [1.165, 1.54) is 4.40 Å². The molecule has 3 aromatic heterocycles. The van der Waals surface area contributed by atoms with Crippen LogP contribution in [-0.2, 0) is 6.18 Å². The van der Waals surface area contributed by atoms with Crippen LogP contribution in [0.3, 0.4) is 0 Å². The third-order valence-corrected chi connectivity index (χ3v) is 2.79. The SMILES string of the molecule is O=Cc1c(-n2cc(C(F)(F)F)cn2)nc2ccccn12. The van der Waals surface area contributed by atoms with Crippen molar-refractivity contribution in [2.24, 2.45) is 0 Å². The third kappa shape index (κ3) is 1.85. The van der Waals surface area contributed by atoms with Crippen LogP contribution < -0.4 is 0 Å². The molecule has 0 saturated heterocycles. The average molecular weight is 280 g/mol. The van der Waals surface area contributed by atoms with Crippen molar-refractivity contribution in [3.63, 3.8) is 0 Å². The van der Waals surface area contributed by atoms with Crippen molar-refractivity contribution < 1.29 is 18.0 Å². The predicted molar refractivity (Wildman–Crippen MR) is 62.7 cm³/mol. The monoisotopic (exact) mass is 280 g/mol. The molecule has 0 bridgehead atoms. The summed E-state index contributed by atoms with van der Waals surface area (Å²) in [5, 5.41) is 3.62. The summed E-state index contributed by atoms with van der Waals surface area (Å²) in [6, 6.07) is 5.05. The van der Waals surface area contributed by atoms with Gasteiger partial charge in [0.05, 0.1) is 11.8 Å². The van der Waals surface area contributed by atoms with E-state index >= 15 is 0 Å². The van der Waals surface area contributed by atoms with Gasteiger partial charge in [-0.2, -0.15) is 18.3 Å².